The Balaban J connectivity index is 0.0000102. The molecule has 0 aliphatic rings. The number of hydrogen-bond donors (Lipinski definition) is 1. The number of ether oxygens (including phenoxy) is 1. The van der Waals surface area contributed by atoms with Crippen LogP contribution in [0.5, 0.6) is 5.75 Å². The molecule has 0 aromatic heterocycles. The third-order valence-electron chi connectivity index (χ3n) is 5.34. The van der Waals surface area contributed by atoms with E-state index in [2.05, 4.69) is 24.1 Å². The maximum absolute atomic E-state index is 12.1. The summed E-state index contributed by atoms with van der Waals surface area (Å²) >= 11 is 0. The summed E-state index contributed by atoms with van der Waals surface area (Å²) < 4.78 is 37.4. The Morgan fingerprint density at radius 1 is 0.970 bits per heavy atom. The maximum atomic E-state index is 12.1. The first kappa shape index (κ1) is 32.1. The van der Waals surface area contributed by atoms with Crippen molar-refractivity contribution in [1.82, 2.24) is 0 Å². The van der Waals surface area contributed by atoms with Gasteiger partial charge in [0.2, 0.25) is 0 Å². The number of allylic oxidation sites excluding steroid dienone is 2. The summed E-state index contributed by atoms with van der Waals surface area (Å²) in [7, 11) is -3.11. The Kier molecular flexibility index (Phi) is 18.9. The zero-order chi connectivity index (χ0) is 23.7. The number of unbranched alkanes of at least 4 members (excludes halogenated alkanes) is 11. The van der Waals surface area contributed by atoms with Crippen LogP contribution in [-0.2, 0) is 10.1 Å². The molecule has 0 aliphatic heterocycles. The Morgan fingerprint density at radius 2 is 1.52 bits per heavy atom. The smallest absolute Gasteiger partial charge is 0.862 e. The van der Waals surface area contributed by atoms with Crippen molar-refractivity contribution in [1.29, 1.82) is 0 Å². The average Bonchev–Trinajstić information content (AvgIpc) is 2.76. The van der Waals surface area contributed by atoms with Crippen molar-refractivity contribution in [3.05, 3.63) is 30.4 Å². The quantitative estimate of drug-likeness (QED) is 0.0851. The van der Waals surface area contributed by atoms with Crippen molar-refractivity contribution in [3.8, 4) is 5.75 Å². The molecule has 6 nitrogen and oxygen atoms in total. The van der Waals surface area contributed by atoms with Crippen molar-refractivity contribution in [2.75, 3.05) is 7.11 Å². The molecule has 0 unspecified atom stereocenters. The molecule has 1 rings (SSSR count). The molecule has 1 aromatic rings. The molecule has 0 atom stereocenters. The number of methoxy groups -OCH3 is 1. The van der Waals surface area contributed by atoms with E-state index in [1.54, 1.807) is 0 Å². The van der Waals surface area contributed by atoms with Crippen LogP contribution in [0.3, 0.4) is 0 Å². The van der Waals surface area contributed by atoms with Crippen LogP contribution < -0.4 is 39.4 Å². The second kappa shape index (κ2) is 19.4. The fourth-order valence-electron chi connectivity index (χ4n) is 3.46. The predicted molar refractivity (Wildman–Crippen MR) is 129 cm³/mol. The molecule has 0 radical (unpaired) electrons. The standard InChI is InChI=1S/C25H41NO5S.Na/c1-3-4-5-6-7-8-9-10-11-12-13-14-15-16-17-18-25(27)26-23-20-19-22(31-2)21-24(23)32(28,29)30;/h10-11,19-21H,3-9,12-18H2,1-2H3,(H,26,27)(H,28,29,30);/q;+1/p-1/b11-10-;. The summed E-state index contributed by atoms with van der Waals surface area (Å²) in [5, 5.41) is 12.1. The van der Waals surface area contributed by atoms with Crippen molar-refractivity contribution in [2.45, 2.75) is 102 Å². The van der Waals surface area contributed by atoms with Gasteiger partial charge in [-0.3, -0.25) is 9.55 Å². The summed E-state index contributed by atoms with van der Waals surface area (Å²) in [5.41, 5.74) is -0.0638. The van der Waals surface area contributed by atoms with Gasteiger partial charge in [-0.25, -0.2) is 0 Å². The van der Waals surface area contributed by atoms with Crippen LogP contribution in [0.1, 0.15) is 96.8 Å². The zero-order valence-corrected chi connectivity index (χ0v) is 23.5. The minimum Gasteiger partial charge on any atom is -0.862 e. The van der Waals surface area contributed by atoms with Gasteiger partial charge in [0.05, 0.1) is 12.8 Å². The molecule has 0 spiro atoms. The van der Waals surface area contributed by atoms with Crippen molar-refractivity contribution in [2.24, 2.45) is 4.99 Å². The van der Waals surface area contributed by atoms with E-state index in [-0.39, 0.29) is 47.4 Å². The molecular weight excluding hydrogens is 449 g/mol. The molecule has 33 heavy (non-hydrogen) atoms. The van der Waals surface area contributed by atoms with Gasteiger partial charge >= 0.3 is 29.6 Å². The molecular formula is C25H40NNaO5S. The maximum Gasteiger partial charge on any atom is 1.00 e. The van der Waals surface area contributed by atoms with Crippen molar-refractivity contribution < 1.29 is 52.4 Å². The molecule has 0 saturated carbocycles. The first-order valence-electron chi connectivity index (χ1n) is 11.9. The molecule has 0 aliphatic carbocycles. The summed E-state index contributed by atoms with van der Waals surface area (Å²) in [4.78, 5) is 3.44. The van der Waals surface area contributed by atoms with E-state index in [9.17, 15) is 18.1 Å². The van der Waals surface area contributed by atoms with Gasteiger partial charge in [-0.05, 0) is 56.6 Å². The second-order valence-corrected chi connectivity index (χ2v) is 9.54. The van der Waals surface area contributed by atoms with E-state index in [4.69, 9.17) is 4.74 Å². The Bertz CT molecular complexity index is 809. The minimum absolute atomic E-state index is 0. The minimum atomic E-state index is -4.49. The Labute approximate surface area is 223 Å². The average molecular weight is 490 g/mol. The Morgan fingerprint density at radius 3 is 2.06 bits per heavy atom. The number of rotatable bonds is 18. The molecule has 1 aromatic carbocycles. The van der Waals surface area contributed by atoms with Gasteiger partial charge in [0.1, 0.15) is 10.6 Å². The molecule has 0 bridgehead atoms. The van der Waals surface area contributed by atoms with Gasteiger partial charge in [-0.2, -0.15) is 8.42 Å². The third kappa shape index (κ3) is 15.6. The molecule has 0 heterocycles. The predicted octanol–water partition coefficient (Wildman–Crippen LogP) is 3.37. The van der Waals surface area contributed by atoms with E-state index in [1.165, 1.54) is 64.2 Å². The molecule has 0 saturated heterocycles. The van der Waals surface area contributed by atoms with E-state index >= 15 is 0 Å². The number of nitrogens with zero attached hydrogens (tertiary/aromatic N) is 1. The molecule has 0 fully saturated rings. The number of aliphatic imine (C=N–C) groups is 1. The van der Waals surface area contributed by atoms with E-state index < -0.39 is 20.9 Å². The van der Waals surface area contributed by atoms with E-state index in [0.717, 1.165) is 38.2 Å². The van der Waals surface area contributed by atoms with Gasteiger partial charge < -0.3 is 9.84 Å². The van der Waals surface area contributed by atoms with Gasteiger partial charge in [0.15, 0.2) is 0 Å². The number of hydrogen-bond acceptors (Lipinski definition) is 5. The topological polar surface area (TPSA) is 99.0 Å². The summed E-state index contributed by atoms with van der Waals surface area (Å²) in [6, 6.07) is 4.02. The Hall–Kier alpha value is -0.860. The van der Waals surface area contributed by atoms with Crippen LogP contribution in [0.2, 0.25) is 0 Å². The van der Waals surface area contributed by atoms with Gasteiger partial charge in [0, 0.05) is 6.07 Å². The van der Waals surface area contributed by atoms with Crippen LogP contribution in [0.15, 0.2) is 40.2 Å². The third-order valence-corrected chi connectivity index (χ3v) is 6.23. The fourth-order valence-corrected chi connectivity index (χ4v) is 4.10. The summed E-state index contributed by atoms with van der Waals surface area (Å²) in [5.74, 6) is -0.126. The fraction of sp³-hybridized carbons (Fsp3) is 0.640. The molecule has 8 heteroatoms. The van der Waals surface area contributed by atoms with Crippen molar-refractivity contribution in [3.63, 3.8) is 0 Å². The number of benzene rings is 1. The van der Waals surface area contributed by atoms with Crippen molar-refractivity contribution >= 4 is 21.7 Å². The zero-order valence-electron chi connectivity index (χ0n) is 20.7. The van der Waals surface area contributed by atoms with Crippen LogP contribution >= 0.6 is 0 Å². The normalized spacial score (nSPS) is 12.2. The first-order chi connectivity index (χ1) is 15.4. The molecule has 0 amide bonds. The van der Waals surface area contributed by atoms with Crippen LogP contribution in [0.25, 0.3) is 0 Å². The summed E-state index contributed by atoms with van der Waals surface area (Å²) in [6.07, 6.45) is 20.2. The monoisotopic (exact) mass is 489 g/mol. The second-order valence-electron chi connectivity index (χ2n) is 8.15. The van der Waals surface area contributed by atoms with E-state index in [1.807, 2.05) is 0 Å². The van der Waals surface area contributed by atoms with Gasteiger partial charge in [-0.1, -0.05) is 70.4 Å². The SMILES string of the molecule is CCCCCCCC/C=C\CCCCCCCC([O-])=Nc1ccc(OC)cc1S(=O)(=O)O.[Na+]. The largest absolute Gasteiger partial charge is 1.00 e. The van der Waals surface area contributed by atoms with Crippen LogP contribution in [0, 0.1) is 0 Å². The first-order valence-corrected chi connectivity index (χ1v) is 13.4. The van der Waals surface area contributed by atoms with Crippen LogP contribution in [0.4, 0.5) is 5.69 Å². The van der Waals surface area contributed by atoms with E-state index in [0.29, 0.717) is 6.42 Å². The summed E-state index contributed by atoms with van der Waals surface area (Å²) in [6.45, 7) is 2.24. The van der Waals surface area contributed by atoms with Crippen LogP contribution in [-0.4, -0.2) is 26.0 Å². The van der Waals surface area contributed by atoms with Gasteiger partial charge in [0.25, 0.3) is 10.1 Å². The molecule has 1 N–H and O–H groups in total. The van der Waals surface area contributed by atoms with Gasteiger partial charge in [-0.15, -0.1) is 0 Å². The molecule has 182 valence electrons.